The maximum atomic E-state index is 5.02. The van der Waals surface area contributed by atoms with Crippen molar-refractivity contribution in [3.8, 4) is 55.8 Å². The normalized spacial score (nSPS) is 11.6. The Morgan fingerprint density at radius 2 is 0.607 bits per heavy atom. The molecular weight excluding hydrogens is 675 g/mol. The van der Waals surface area contributed by atoms with E-state index in [2.05, 4.69) is 206 Å². The van der Waals surface area contributed by atoms with Crippen molar-refractivity contribution in [3.63, 3.8) is 0 Å². The molecule has 56 heavy (non-hydrogen) atoms. The zero-order valence-corrected chi connectivity index (χ0v) is 30.7. The largest absolute Gasteiger partial charge is 0.256 e. The van der Waals surface area contributed by atoms with E-state index in [0.29, 0.717) is 0 Å². The molecule has 0 bridgehead atoms. The smallest absolute Gasteiger partial charge is 0.0792 e. The highest BCUT2D eigenvalue weighted by Crippen LogP contribution is 2.47. The summed E-state index contributed by atoms with van der Waals surface area (Å²) in [4.78, 5) is 5.02. The molecular formula is C55H35N. The first kappa shape index (κ1) is 32.1. The molecule has 0 fully saturated rings. The average molecular weight is 710 g/mol. The fourth-order valence-corrected chi connectivity index (χ4v) is 9.03. The highest BCUT2D eigenvalue weighted by Gasteiger charge is 2.20. The third kappa shape index (κ3) is 5.13. The number of hydrogen-bond acceptors (Lipinski definition) is 1. The van der Waals surface area contributed by atoms with Gasteiger partial charge in [0.2, 0.25) is 0 Å². The first-order chi connectivity index (χ1) is 27.8. The van der Waals surface area contributed by atoms with Crippen LogP contribution in [-0.4, -0.2) is 4.98 Å². The molecule has 1 heterocycles. The third-order valence-corrected chi connectivity index (χ3v) is 11.5. The lowest BCUT2D eigenvalue weighted by molar-refractivity contribution is 1.37. The molecule has 0 unspecified atom stereocenters. The number of benzene rings is 10. The molecule has 1 aromatic heterocycles. The minimum Gasteiger partial charge on any atom is -0.256 e. The monoisotopic (exact) mass is 709 g/mol. The zero-order valence-electron chi connectivity index (χ0n) is 30.7. The van der Waals surface area contributed by atoms with Crippen LogP contribution in [0.4, 0.5) is 0 Å². The number of hydrogen-bond donors (Lipinski definition) is 0. The van der Waals surface area contributed by atoms with Gasteiger partial charge in [-0.25, -0.2) is 0 Å². The van der Waals surface area contributed by atoms with Gasteiger partial charge in [0.25, 0.3) is 0 Å². The fraction of sp³-hybridized carbons (Fsp3) is 0. The topological polar surface area (TPSA) is 12.9 Å². The van der Waals surface area contributed by atoms with E-state index in [4.69, 9.17) is 4.98 Å². The van der Waals surface area contributed by atoms with E-state index in [0.717, 1.165) is 11.1 Å². The van der Waals surface area contributed by atoms with Crippen molar-refractivity contribution < 1.29 is 0 Å². The summed E-state index contributed by atoms with van der Waals surface area (Å²) >= 11 is 0. The minimum atomic E-state index is 1.02. The summed E-state index contributed by atoms with van der Waals surface area (Å²) in [7, 11) is 0. The first-order valence-electron chi connectivity index (χ1n) is 19.3. The van der Waals surface area contributed by atoms with E-state index in [1.807, 2.05) is 6.20 Å². The molecule has 0 spiro atoms. The Hall–Kier alpha value is -7.35. The lowest BCUT2D eigenvalue weighted by atomic mass is 9.84. The van der Waals surface area contributed by atoms with Crippen molar-refractivity contribution in [2.24, 2.45) is 0 Å². The summed E-state index contributed by atoms with van der Waals surface area (Å²) in [5, 5.41) is 12.2. The average Bonchev–Trinajstić information content (AvgIpc) is 3.28. The molecule has 0 atom stereocenters. The van der Waals surface area contributed by atoms with Crippen molar-refractivity contribution in [2.75, 3.05) is 0 Å². The first-order valence-corrected chi connectivity index (χ1v) is 19.3. The van der Waals surface area contributed by atoms with Crippen molar-refractivity contribution in [1.29, 1.82) is 0 Å². The van der Waals surface area contributed by atoms with Crippen LogP contribution in [-0.2, 0) is 0 Å². The van der Waals surface area contributed by atoms with Crippen LogP contribution in [0.25, 0.3) is 110 Å². The molecule has 0 amide bonds. The van der Waals surface area contributed by atoms with Gasteiger partial charge in [-0.3, -0.25) is 4.98 Å². The Labute approximate surface area is 325 Å². The molecule has 0 aliphatic carbocycles. The van der Waals surface area contributed by atoms with Gasteiger partial charge in [-0.1, -0.05) is 194 Å². The Kier molecular flexibility index (Phi) is 7.57. The summed E-state index contributed by atoms with van der Waals surface area (Å²) in [6.45, 7) is 0. The minimum absolute atomic E-state index is 1.02. The van der Waals surface area contributed by atoms with Crippen LogP contribution in [0.2, 0.25) is 0 Å². The second kappa shape index (κ2) is 13.2. The van der Waals surface area contributed by atoms with Crippen molar-refractivity contribution in [3.05, 3.63) is 212 Å². The molecule has 0 saturated heterocycles. The quantitative estimate of drug-likeness (QED) is 0.162. The van der Waals surface area contributed by atoms with Crippen LogP contribution < -0.4 is 0 Å². The van der Waals surface area contributed by atoms with Gasteiger partial charge in [0.1, 0.15) is 0 Å². The molecule has 10 aromatic carbocycles. The van der Waals surface area contributed by atoms with Gasteiger partial charge < -0.3 is 0 Å². The number of rotatable bonds is 5. The Bertz CT molecular complexity index is 3210. The van der Waals surface area contributed by atoms with Gasteiger partial charge in [0, 0.05) is 17.1 Å². The van der Waals surface area contributed by atoms with E-state index in [1.165, 1.54) is 98.5 Å². The van der Waals surface area contributed by atoms with Gasteiger partial charge in [0.05, 0.1) is 5.69 Å². The lowest BCUT2D eigenvalue weighted by Gasteiger charge is -2.20. The molecule has 0 saturated carbocycles. The van der Waals surface area contributed by atoms with Crippen LogP contribution in [0.5, 0.6) is 0 Å². The second-order valence-electron chi connectivity index (χ2n) is 14.6. The van der Waals surface area contributed by atoms with E-state index in [-0.39, 0.29) is 0 Å². The standard InChI is InChI=1S/C55H35N/c1-3-15-36(16-4-1)41-31-32-49-50(35-41)53(38-18-5-2-6-19-38)44-22-10-9-21-43(44)52(49)40-29-27-39(28-30-40)51-45-23-11-13-25-47(45)54(48-26-14-12-24-46(48)51)55-42-20-8-7-17-37(42)33-34-56-55/h1-35H. The van der Waals surface area contributed by atoms with E-state index >= 15 is 0 Å². The summed E-state index contributed by atoms with van der Waals surface area (Å²) in [6.07, 6.45) is 1.94. The fourth-order valence-electron chi connectivity index (χ4n) is 9.03. The lowest BCUT2D eigenvalue weighted by Crippen LogP contribution is -1.94. The molecule has 0 N–H and O–H groups in total. The predicted octanol–water partition coefficient (Wildman–Crippen LogP) is 15.2. The number of pyridine rings is 1. The van der Waals surface area contributed by atoms with E-state index < -0.39 is 0 Å². The Balaban J connectivity index is 1.14. The Morgan fingerprint density at radius 1 is 0.232 bits per heavy atom. The molecule has 260 valence electrons. The van der Waals surface area contributed by atoms with Gasteiger partial charge >= 0.3 is 0 Å². The van der Waals surface area contributed by atoms with Gasteiger partial charge in [-0.05, 0) is 105 Å². The summed E-state index contributed by atoms with van der Waals surface area (Å²) in [6, 6.07) is 75.1. The summed E-state index contributed by atoms with van der Waals surface area (Å²) in [5.41, 5.74) is 12.0. The summed E-state index contributed by atoms with van der Waals surface area (Å²) < 4.78 is 0. The molecule has 11 rings (SSSR count). The highest BCUT2D eigenvalue weighted by atomic mass is 14.7. The maximum absolute atomic E-state index is 5.02. The van der Waals surface area contributed by atoms with Crippen molar-refractivity contribution in [1.82, 2.24) is 4.98 Å². The van der Waals surface area contributed by atoms with Gasteiger partial charge in [-0.15, -0.1) is 0 Å². The SMILES string of the molecule is c1ccc(-c2ccc3c(-c4ccc(-c5c6ccccc6c(-c6nccc7ccccc67)c6ccccc56)cc4)c4ccccc4c(-c4ccccc4)c3c2)cc1. The van der Waals surface area contributed by atoms with Crippen molar-refractivity contribution >= 4 is 53.9 Å². The summed E-state index contributed by atoms with van der Waals surface area (Å²) in [5.74, 6) is 0. The molecule has 1 heteroatoms. The van der Waals surface area contributed by atoms with Crippen LogP contribution in [0.15, 0.2) is 212 Å². The van der Waals surface area contributed by atoms with Gasteiger partial charge in [-0.2, -0.15) is 0 Å². The van der Waals surface area contributed by atoms with Gasteiger partial charge in [0.15, 0.2) is 0 Å². The molecule has 0 aliphatic heterocycles. The number of nitrogens with zero attached hydrogens (tertiary/aromatic N) is 1. The van der Waals surface area contributed by atoms with Crippen LogP contribution in [0, 0.1) is 0 Å². The zero-order chi connectivity index (χ0) is 37.0. The van der Waals surface area contributed by atoms with E-state index in [1.54, 1.807) is 0 Å². The molecule has 1 nitrogen and oxygen atoms in total. The molecule has 11 aromatic rings. The number of aromatic nitrogens is 1. The van der Waals surface area contributed by atoms with E-state index in [9.17, 15) is 0 Å². The predicted molar refractivity (Wildman–Crippen MR) is 239 cm³/mol. The maximum Gasteiger partial charge on any atom is 0.0792 e. The molecule has 0 aliphatic rings. The third-order valence-electron chi connectivity index (χ3n) is 11.5. The highest BCUT2D eigenvalue weighted by molar-refractivity contribution is 6.24. The second-order valence-corrected chi connectivity index (χ2v) is 14.6. The van der Waals surface area contributed by atoms with Crippen LogP contribution >= 0.6 is 0 Å². The van der Waals surface area contributed by atoms with Crippen LogP contribution in [0.3, 0.4) is 0 Å². The molecule has 0 radical (unpaired) electrons. The number of fused-ring (bicyclic) bond motifs is 5. The Morgan fingerprint density at radius 3 is 1.14 bits per heavy atom. The van der Waals surface area contributed by atoms with Crippen molar-refractivity contribution in [2.45, 2.75) is 0 Å². The van der Waals surface area contributed by atoms with Crippen LogP contribution in [0.1, 0.15) is 0 Å².